The number of carbonyl (C=O) groups is 1. The Bertz CT molecular complexity index is 951. The largest absolute Gasteiger partial charge is 0.349 e. The highest BCUT2D eigenvalue weighted by Crippen LogP contribution is 2.41. The summed E-state index contributed by atoms with van der Waals surface area (Å²) in [4.78, 5) is 13.1. The van der Waals surface area contributed by atoms with Gasteiger partial charge in [-0.15, -0.1) is 0 Å². The van der Waals surface area contributed by atoms with E-state index in [2.05, 4.69) is 17.4 Å². The van der Waals surface area contributed by atoms with E-state index in [-0.39, 0.29) is 22.8 Å². The fraction of sp³-hybridized carbons (Fsp3) is 0.409. The minimum Gasteiger partial charge on any atom is -0.349 e. The molecule has 1 saturated heterocycles. The molecule has 2 aromatic carbocycles. The van der Waals surface area contributed by atoms with Crippen LogP contribution in [0.15, 0.2) is 59.5 Å². The molecule has 1 amide bonds. The molecule has 2 aliphatic rings. The van der Waals surface area contributed by atoms with Gasteiger partial charge >= 0.3 is 0 Å². The fourth-order valence-electron chi connectivity index (χ4n) is 3.95. The van der Waals surface area contributed by atoms with Gasteiger partial charge in [0.05, 0.1) is 10.9 Å². The van der Waals surface area contributed by atoms with Gasteiger partial charge < -0.3 is 5.32 Å². The third-order valence-corrected chi connectivity index (χ3v) is 7.99. The average Bonchev–Trinajstić information content (AvgIpc) is 3.58. The summed E-state index contributed by atoms with van der Waals surface area (Å²) < 4.78 is 27.1. The lowest BCUT2D eigenvalue weighted by Crippen LogP contribution is -2.43. The first kappa shape index (κ1) is 20.4. The maximum Gasteiger partial charge on any atom is 0.243 e. The highest BCUT2D eigenvalue weighted by Gasteiger charge is 2.36. The number of sulfonamides is 1. The second-order valence-electron chi connectivity index (χ2n) is 7.87. The van der Waals surface area contributed by atoms with Crippen LogP contribution in [0.25, 0.3) is 0 Å². The fourth-order valence-corrected chi connectivity index (χ4v) is 5.54. The molecule has 29 heavy (non-hydrogen) atoms. The zero-order valence-electron chi connectivity index (χ0n) is 16.1. The first-order valence-electron chi connectivity index (χ1n) is 10.1. The number of piperidine rings is 1. The van der Waals surface area contributed by atoms with Crippen molar-refractivity contribution in [1.82, 2.24) is 9.62 Å². The lowest BCUT2D eigenvalue weighted by atomic mass is 9.95. The number of halogens is 1. The van der Waals surface area contributed by atoms with Crippen molar-refractivity contribution in [3.63, 3.8) is 0 Å². The first-order chi connectivity index (χ1) is 13.9. The maximum atomic E-state index is 12.9. The molecular weight excluding hydrogens is 408 g/mol. The number of carbonyl (C=O) groups excluding carboxylic acids is 1. The molecule has 154 valence electrons. The van der Waals surface area contributed by atoms with Crippen molar-refractivity contribution in [3.8, 4) is 0 Å². The Morgan fingerprint density at radius 2 is 1.59 bits per heavy atom. The predicted molar refractivity (Wildman–Crippen MR) is 113 cm³/mol. The Kier molecular flexibility index (Phi) is 5.95. The Labute approximate surface area is 177 Å². The Morgan fingerprint density at radius 1 is 0.966 bits per heavy atom. The quantitative estimate of drug-likeness (QED) is 0.749. The molecule has 0 spiro atoms. The van der Waals surface area contributed by atoms with Gasteiger partial charge in [-0.25, -0.2) is 8.42 Å². The number of hydrogen-bond donors (Lipinski definition) is 1. The zero-order valence-corrected chi connectivity index (χ0v) is 17.7. The summed E-state index contributed by atoms with van der Waals surface area (Å²) >= 11 is 5.86. The molecule has 0 aromatic heterocycles. The molecule has 0 bridgehead atoms. The number of hydrogen-bond acceptors (Lipinski definition) is 3. The third-order valence-electron chi connectivity index (χ3n) is 5.83. The molecule has 0 radical (unpaired) electrons. The minimum atomic E-state index is -3.55. The van der Waals surface area contributed by atoms with Crippen molar-refractivity contribution in [2.24, 2.45) is 11.8 Å². The van der Waals surface area contributed by atoms with Crippen LogP contribution in [0.1, 0.15) is 37.3 Å². The van der Waals surface area contributed by atoms with Crippen LogP contribution in [0.3, 0.4) is 0 Å². The highest BCUT2D eigenvalue weighted by atomic mass is 35.5. The van der Waals surface area contributed by atoms with E-state index in [4.69, 9.17) is 11.6 Å². The summed E-state index contributed by atoms with van der Waals surface area (Å²) in [6.07, 6.45) is 3.34. The second kappa shape index (κ2) is 8.46. The number of rotatable bonds is 6. The van der Waals surface area contributed by atoms with Crippen LogP contribution in [0.4, 0.5) is 0 Å². The first-order valence-corrected chi connectivity index (χ1v) is 11.9. The monoisotopic (exact) mass is 432 g/mol. The van der Waals surface area contributed by atoms with E-state index >= 15 is 0 Å². The van der Waals surface area contributed by atoms with E-state index in [0.29, 0.717) is 36.9 Å². The molecule has 7 heteroatoms. The van der Waals surface area contributed by atoms with Crippen LogP contribution in [0, 0.1) is 11.8 Å². The third kappa shape index (κ3) is 4.65. The van der Waals surface area contributed by atoms with Gasteiger partial charge in [-0.2, -0.15) is 4.31 Å². The summed E-state index contributed by atoms with van der Waals surface area (Å²) in [5, 5.41) is 3.74. The van der Waals surface area contributed by atoms with Crippen LogP contribution in [0.2, 0.25) is 5.02 Å². The summed E-state index contributed by atoms with van der Waals surface area (Å²) in [6.45, 7) is 0.699. The summed E-state index contributed by atoms with van der Waals surface area (Å²) in [6, 6.07) is 16.4. The highest BCUT2D eigenvalue weighted by molar-refractivity contribution is 7.89. The van der Waals surface area contributed by atoms with Crippen LogP contribution >= 0.6 is 11.6 Å². The Balaban J connectivity index is 1.37. The van der Waals surface area contributed by atoms with Gasteiger partial charge in [0.15, 0.2) is 0 Å². The van der Waals surface area contributed by atoms with Crippen molar-refractivity contribution in [3.05, 3.63) is 65.2 Å². The molecule has 1 N–H and O–H groups in total. The van der Waals surface area contributed by atoms with Crippen LogP contribution < -0.4 is 5.32 Å². The number of nitrogens with one attached hydrogen (secondary N) is 1. The Hall–Kier alpha value is -1.89. The molecule has 2 aromatic rings. The zero-order chi connectivity index (χ0) is 20.4. The van der Waals surface area contributed by atoms with E-state index in [0.717, 1.165) is 18.4 Å². The molecule has 0 unspecified atom stereocenters. The number of benzene rings is 2. The SMILES string of the molecule is O=C(N[C@@H](c1ccccc1)C1CC1)C1CCN(S(=O)(=O)c2ccc(Cl)cc2)CC1. The molecule has 4 rings (SSSR count). The maximum absolute atomic E-state index is 12.9. The molecular formula is C22H25ClN2O3S. The van der Waals surface area contributed by atoms with Crippen molar-refractivity contribution in [1.29, 1.82) is 0 Å². The topological polar surface area (TPSA) is 66.5 Å². The van der Waals surface area contributed by atoms with Gasteiger partial charge in [-0.05, 0) is 61.4 Å². The standard InChI is InChI=1S/C22H25ClN2O3S/c23-19-8-10-20(11-9-19)29(27,28)25-14-12-18(13-15-25)22(26)24-21(17-6-7-17)16-4-2-1-3-5-16/h1-5,8-11,17-18,21H,6-7,12-15H2,(H,24,26)/t21-/m0/s1. The average molecular weight is 433 g/mol. The van der Waals surface area contributed by atoms with E-state index < -0.39 is 10.0 Å². The summed E-state index contributed by atoms with van der Waals surface area (Å²) in [5.74, 6) is 0.387. The molecule has 1 aliphatic heterocycles. The van der Waals surface area contributed by atoms with E-state index in [1.807, 2.05) is 18.2 Å². The lowest BCUT2D eigenvalue weighted by molar-refractivity contribution is -0.127. The van der Waals surface area contributed by atoms with Crippen LogP contribution in [0.5, 0.6) is 0 Å². The number of nitrogens with zero attached hydrogens (tertiary/aromatic N) is 1. The van der Waals surface area contributed by atoms with Crippen molar-refractivity contribution < 1.29 is 13.2 Å². The Morgan fingerprint density at radius 3 is 2.17 bits per heavy atom. The van der Waals surface area contributed by atoms with Gasteiger partial charge in [-0.3, -0.25) is 4.79 Å². The van der Waals surface area contributed by atoms with Gasteiger partial charge in [0.2, 0.25) is 15.9 Å². The van der Waals surface area contributed by atoms with Gasteiger partial charge in [0.25, 0.3) is 0 Å². The van der Waals surface area contributed by atoms with Crippen LogP contribution in [-0.4, -0.2) is 31.7 Å². The van der Waals surface area contributed by atoms with Crippen molar-refractivity contribution in [2.75, 3.05) is 13.1 Å². The number of amides is 1. The minimum absolute atomic E-state index is 0.0364. The molecule has 1 heterocycles. The molecule has 1 saturated carbocycles. The lowest BCUT2D eigenvalue weighted by Gasteiger charge is -2.31. The predicted octanol–water partition coefficient (Wildman–Crippen LogP) is 4.01. The summed E-state index contributed by atoms with van der Waals surface area (Å²) in [5.41, 5.74) is 1.14. The molecule has 1 atom stereocenters. The van der Waals surface area contributed by atoms with Crippen molar-refractivity contribution in [2.45, 2.75) is 36.6 Å². The van der Waals surface area contributed by atoms with E-state index in [1.54, 1.807) is 12.1 Å². The molecule has 1 aliphatic carbocycles. The van der Waals surface area contributed by atoms with E-state index in [9.17, 15) is 13.2 Å². The molecule has 5 nitrogen and oxygen atoms in total. The summed E-state index contributed by atoms with van der Waals surface area (Å²) in [7, 11) is -3.55. The molecule has 2 fully saturated rings. The van der Waals surface area contributed by atoms with Crippen LogP contribution in [-0.2, 0) is 14.8 Å². The van der Waals surface area contributed by atoms with Gasteiger partial charge in [0, 0.05) is 24.0 Å². The second-order valence-corrected chi connectivity index (χ2v) is 10.2. The van der Waals surface area contributed by atoms with Gasteiger partial charge in [0.1, 0.15) is 0 Å². The van der Waals surface area contributed by atoms with Crippen molar-refractivity contribution >= 4 is 27.5 Å². The van der Waals surface area contributed by atoms with Gasteiger partial charge in [-0.1, -0.05) is 41.9 Å². The smallest absolute Gasteiger partial charge is 0.243 e. The van der Waals surface area contributed by atoms with E-state index in [1.165, 1.54) is 16.4 Å². The normalized spacial score (nSPS) is 19.6.